The van der Waals surface area contributed by atoms with E-state index >= 15 is 0 Å². The monoisotopic (exact) mass is 390 g/mol. The van der Waals surface area contributed by atoms with Gasteiger partial charge in [0.25, 0.3) is 5.91 Å². The van der Waals surface area contributed by atoms with E-state index < -0.39 is 11.6 Å². The number of hydrogen-bond donors (Lipinski definition) is 1. The number of nitrogens with zero attached hydrogens (tertiary/aromatic N) is 3. The Morgan fingerprint density at radius 3 is 2.93 bits per heavy atom. The lowest BCUT2D eigenvalue weighted by atomic mass is 9.92. The highest BCUT2D eigenvalue weighted by Gasteiger charge is 2.55. The van der Waals surface area contributed by atoms with E-state index in [1.165, 1.54) is 0 Å². The molecule has 0 unspecified atom stereocenters. The van der Waals surface area contributed by atoms with Gasteiger partial charge in [0.05, 0.1) is 7.11 Å². The topological polar surface area (TPSA) is 97.6 Å². The van der Waals surface area contributed by atoms with Crippen LogP contribution < -0.4 is 10.1 Å². The van der Waals surface area contributed by atoms with Crippen LogP contribution in [0, 0.1) is 0 Å². The molecule has 146 valence electrons. The molecular weight excluding hydrogens is 372 g/mol. The van der Waals surface area contributed by atoms with Gasteiger partial charge >= 0.3 is 6.03 Å². The van der Waals surface area contributed by atoms with Gasteiger partial charge in [-0.3, -0.25) is 9.69 Å². The second-order valence-electron chi connectivity index (χ2n) is 7.13. The number of carbonyl (C=O) groups is 2. The summed E-state index contributed by atoms with van der Waals surface area (Å²) in [5, 5.41) is 6.86. The smallest absolute Gasteiger partial charge is 0.325 e. The van der Waals surface area contributed by atoms with Gasteiger partial charge in [-0.2, -0.15) is 4.98 Å². The van der Waals surface area contributed by atoms with E-state index in [0.29, 0.717) is 18.0 Å². The summed E-state index contributed by atoms with van der Waals surface area (Å²) >= 11 is 0. The van der Waals surface area contributed by atoms with E-state index in [4.69, 9.17) is 9.26 Å². The van der Waals surface area contributed by atoms with Gasteiger partial charge in [0.15, 0.2) is 0 Å². The van der Waals surface area contributed by atoms with Gasteiger partial charge in [0.2, 0.25) is 11.7 Å². The molecule has 1 aliphatic heterocycles. The summed E-state index contributed by atoms with van der Waals surface area (Å²) in [5.41, 5.74) is 1.67. The van der Waals surface area contributed by atoms with Crippen molar-refractivity contribution in [2.45, 2.75) is 24.9 Å². The van der Waals surface area contributed by atoms with Gasteiger partial charge < -0.3 is 14.6 Å². The Morgan fingerprint density at radius 1 is 1.21 bits per heavy atom. The van der Waals surface area contributed by atoms with Crippen molar-refractivity contribution in [3.63, 3.8) is 0 Å². The first-order chi connectivity index (χ1) is 14.1. The van der Waals surface area contributed by atoms with Gasteiger partial charge in [0, 0.05) is 5.56 Å². The molecule has 1 saturated heterocycles. The Balaban J connectivity index is 1.40. The Morgan fingerprint density at radius 2 is 2.07 bits per heavy atom. The minimum absolute atomic E-state index is 0.0778. The van der Waals surface area contributed by atoms with Crippen molar-refractivity contribution >= 4 is 11.9 Å². The van der Waals surface area contributed by atoms with Crippen molar-refractivity contribution in [3.05, 3.63) is 65.5 Å². The molecule has 8 heteroatoms. The average molecular weight is 390 g/mol. The van der Waals surface area contributed by atoms with Crippen LogP contribution in [0.25, 0.3) is 11.4 Å². The Labute approximate surface area is 166 Å². The molecule has 3 amide bonds. The summed E-state index contributed by atoms with van der Waals surface area (Å²) in [6.07, 6.45) is 1.29. The highest BCUT2D eigenvalue weighted by Crippen LogP contribution is 2.41. The van der Waals surface area contributed by atoms with E-state index in [1.807, 2.05) is 42.5 Å². The maximum absolute atomic E-state index is 13.2. The molecule has 0 bridgehead atoms. The minimum Gasteiger partial charge on any atom is -0.497 e. The van der Waals surface area contributed by atoms with E-state index in [0.717, 1.165) is 28.0 Å². The molecule has 1 atom stereocenters. The third-order valence-electron chi connectivity index (χ3n) is 5.51. The first-order valence-corrected chi connectivity index (χ1v) is 9.30. The third-order valence-corrected chi connectivity index (χ3v) is 5.51. The van der Waals surface area contributed by atoms with Crippen LogP contribution in [-0.2, 0) is 23.3 Å². The van der Waals surface area contributed by atoms with E-state index in [-0.39, 0.29) is 18.3 Å². The molecule has 2 aromatic carbocycles. The summed E-state index contributed by atoms with van der Waals surface area (Å²) in [4.78, 5) is 31.3. The fourth-order valence-corrected chi connectivity index (χ4v) is 4.07. The first-order valence-electron chi connectivity index (χ1n) is 9.30. The maximum Gasteiger partial charge on any atom is 0.325 e. The summed E-state index contributed by atoms with van der Waals surface area (Å²) < 4.78 is 10.5. The third kappa shape index (κ3) is 2.67. The SMILES string of the molecule is COc1cccc(-c2noc(CN3C(=O)N[C@@]4(CCc5ccccc54)C3=O)n2)c1. The largest absolute Gasteiger partial charge is 0.497 e. The molecule has 0 radical (unpaired) electrons. The number of amides is 3. The highest BCUT2D eigenvalue weighted by molar-refractivity contribution is 6.08. The van der Waals surface area contributed by atoms with Crippen molar-refractivity contribution in [2.24, 2.45) is 0 Å². The normalized spacial score (nSPS) is 20.2. The quantitative estimate of drug-likeness (QED) is 0.688. The van der Waals surface area contributed by atoms with Gasteiger partial charge in [-0.05, 0) is 36.1 Å². The number of imide groups is 1. The number of rotatable bonds is 4. The van der Waals surface area contributed by atoms with Gasteiger partial charge in [-0.1, -0.05) is 41.6 Å². The second kappa shape index (κ2) is 6.44. The number of ether oxygens (including phenoxy) is 1. The molecular formula is C21H18N4O4. The highest BCUT2D eigenvalue weighted by atomic mass is 16.5. The van der Waals surface area contributed by atoms with Crippen LogP contribution in [0.5, 0.6) is 5.75 Å². The van der Waals surface area contributed by atoms with Crippen LogP contribution in [0.15, 0.2) is 53.1 Å². The van der Waals surface area contributed by atoms with Crippen LogP contribution in [0.1, 0.15) is 23.4 Å². The molecule has 1 aliphatic carbocycles. The Bertz CT molecular complexity index is 1130. The van der Waals surface area contributed by atoms with Crippen LogP contribution in [0.3, 0.4) is 0 Å². The minimum atomic E-state index is -0.997. The summed E-state index contributed by atoms with van der Waals surface area (Å²) in [5.74, 6) is 0.944. The van der Waals surface area contributed by atoms with Crippen molar-refractivity contribution in [3.8, 4) is 17.1 Å². The van der Waals surface area contributed by atoms with Gasteiger partial charge in [-0.25, -0.2) is 4.79 Å². The second-order valence-corrected chi connectivity index (χ2v) is 7.13. The summed E-state index contributed by atoms with van der Waals surface area (Å²) in [7, 11) is 1.58. The molecule has 8 nitrogen and oxygen atoms in total. The molecule has 2 heterocycles. The number of methoxy groups -OCH3 is 1. The zero-order valence-corrected chi connectivity index (χ0v) is 15.7. The molecule has 3 aromatic rings. The number of carbonyl (C=O) groups excluding carboxylic acids is 2. The van der Waals surface area contributed by atoms with Gasteiger partial charge in [-0.15, -0.1) is 0 Å². The molecule has 2 aliphatic rings. The molecule has 1 aromatic heterocycles. The maximum atomic E-state index is 13.2. The van der Waals surface area contributed by atoms with E-state index in [2.05, 4.69) is 15.5 Å². The van der Waals surface area contributed by atoms with E-state index in [1.54, 1.807) is 13.2 Å². The average Bonchev–Trinajstić information content (AvgIpc) is 3.43. The standard InChI is InChI=1S/C21H18N4O4/c1-28-15-7-4-6-14(11-15)18-22-17(29-24-18)12-25-19(26)21(23-20(25)27)10-9-13-5-2-3-8-16(13)21/h2-8,11H,9-10,12H2,1H3,(H,23,27)/t21-/m1/s1. The summed E-state index contributed by atoms with van der Waals surface area (Å²) in [6.45, 7) is -0.0778. The molecule has 1 N–H and O–H groups in total. The fourth-order valence-electron chi connectivity index (χ4n) is 4.07. The number of nitrogens with one attached hydrogen (secondary N) is 1. The van der Waals surface area contributed by atoms with Crippen LogP contribution in [0.4, 0.5) is 4.79 Å². The van der Waals surface area contributed by atoms with Crippen LogP contribution in [-0.4, -0.2) is 34.1 Å². The molecule has 0 saturated carbocycles. The van der Waals surface area contributed by atoms with Crippen molar-refractivity contribution in [1.82, 2.24) is 20.4 Å². The molecule has 5 rings (SSSR count). The summed E-state index contributed by atoms with van der Waals surface area (Å²) in [6, 6.07) is 14.5. The Kier molecular flexibility index (Phi) is 3.87. The van der Waals surface area contributed by atoms with Crippen LogP contribution >= 0.6 is 0 Å². The zero-order valence-electron chi connectivity index (χ0n) is 15.7. The predicted octanol–water partition coefficient (Wildman–Crippen LogP) is 2.64. The lowest BCUT2D eigenvalue weighted by molar-refractivity contribution is -0.132. The van der Waals surface area contributed by atoms with Gasteiger partial charge in [0.1, 0.15) is 17.8 Å². The Hall–Kier alpha value is -3.68. The predicted molar refractivity (Wildman–Crippen MR) is 102 cm³/mol. The fraction of sp³-hybridized carbons (Fsp3) is 0.238. The number of fused-ring (bicyclic) bond motifs is 2. The van der Waals surface area contributed by atoms with Crippen LogP contribution in [0.2, 0.25) is 0 Å². The first kappa shape index (κ1) is 17.4. The number of aryl methyl sites for hydroxylation is 1. The number of benzene rings is 2. The number of aromatic nitrogens is 2. The van der Waals surface area contributed by atoms with Crippen molar-refractivity contribution < 1.29 is 18.8 Å². The van der Waals surface area contributed by atoms with Crippen molar-refractivity contribution in [1.29, 1.82) is 0 Å². The molecule has 1 fully saturated rings. The number of urea groups is 1. The van der Waals surface area contributed by atoms with Crippen molar-refractivity contribution in [2.75, 3.05) is 7.11 Å². The number of hydrogen-bond acceptors (Lipinski definition) is 6. The zero-order chi connectivity index (χ0) is 20.0. The molecule has 29 heavy (non-hydrogen) atoms. The molecule has 1 spiro atoms. The lowest BCUT2D eigenvalue weighted by Crippen LogP contribution is -2.41. The lowest BCUT2D eigenvalue weighted by Gasteiger charge is -2.21. The van der Waals surface area contributed by atoms with E-state index in [9.17, 15) is 9.59 Å².